The SMILES string of the molecule is COc1cc2nc(C)nc(N[C@H](C)c3cc(-c4ccccc4CCC(=O)O)cs3)c2cc1C1CCC(C(=O)N2CCN(CC3CCC4(CC3)CCN(C(=O)c3ccc(OC)c(N5CCC(=O)NC5=O)c3)CC4)CC2)CC1. The van der Waals surface area contributed by atoms with Gasteiger partial charge < -0.3 is 29.7 Å². The van der Waals surface area contributed by atoms with Gasteiger partial charge in [-0.05, 0) is 160 Å². The zero-order valence-corrected chi connectivity index (χ0v) is 45.2. The summed E-state index contributed by atoms with van der Waals surface area (Å²) in [6.07, 6.45) is 11.0. The van der Waals surface area contributed by atoms with Gasteiger partial charge in [0.25, 0.3) is 5.91 Å². The second kappa shape index (κ2) is 22.9. The molecule has 0 bridgehead atoms. The Bertz CT molecular complexity index is 2960. The van der Waals surface area contributed by atoms with Gasteiger partial charge in [0.15, 0.2) is 0 Å². The van der Waals surface area contributed by atoms with Crippen LogP contribution < -0.4 is 25.0 Å². The lowest BCUT2D eigenvalue weighted by Crippen LogP contribution is -2.52. The molecule has 16 nitrogen and oxygen atoms in total. The van der Waals surface area contributed by atoms with Gasteiger partial charge in [0.2, 0.25) is 11.8 Å². The zero-order chi connectivity index (χ0) is 53.1. The Labute approximate surface area is 449 Å². The fourth-order valence-corrected chi connectivity index (χ4v) is 13.7. The molecule has 76 heavy (non-hydrogen) atoms. The Morgan fingerprint density at radius 3 is 2.29 bits per heavy atom. The summed E-state index contributed by atoms with van der Waals surface area (Å²) in [5.74, 6) is 2.79. The van der Waals surface area contributed by atoms with Crippen molar-refractivity contribution >= 4 is 63.5 Å². The number of nitrogens with one attached hydrogen (secondary N) is 2. The van der Waals surface area contributed by atoms with Gasteiger partial charge in [0.1, 0.15) is 23.1 Å². The fourth-order valence-electron chi connectivity index (χ4n) is 12.7. The summed E-state index contributed by atoms with van der Waals surface area (Å²) in [7, 11) is 3.25. The minimum absolute atomic E-state index is 0.0268. The number of aryl methyl sites for hydroxylation is 2. The number of piperidine rings is 1. The highest BCUT2D eigenvalue weighted by Crippen LogP contribution is 2.47. The predicted molar refractivity (Wildman–Crippen MR) is 294 cm³/mol. The highest BCUT2D eigenvalue weighted by atomic mass is 32.1. The molecule has 402 valence electrons. The van der Waals surface area contributed by atoms with E-state index in [1.54, 1.807) is 36.6 Å². The standard InChI is InChI=1S/C59H72N8O8S/c1-37(52-32-44(36-76-52)45-8-6-5-7-40(45)14-16-54(69)70)60-55-47-33-46(51(75-4)34-48(47)61-38(2)62-55)41-9-11-42(12-10-41)56(71)66-29-27-64(28-30-66)35-39-17-20-59(21-18-39)22-25-65(26-23-59)57(72)43-13-15-50(74-3)49(31-43)67-24-19-53(68)63-58(67)73/h5-8,13,15,31-34,36-37,39,41-42H,9-12,14,16-30,35H2,1-4H3,(H,69,70)(H,60,61,62)(H,63,68,73)/t37-,41?,42?/m1/s1. The van der Waals surface area contributed by atoms with Crippen molar-refractivity contribution in [3.8, 4) is 22.6 Å². The van der Waals surface area contributed by atoms with Crippen LogP contribution in [0.4, 0.5) is 16.3 Å². The molecule has 0 unspecified atom stereocenters. The molecule has 2 aliphatic carbocycles. The number of piperazine rings is 1. The van der Waals surface area contributed by atoms with E-state index in [1.165, 1.54) is 37.7 Å². The third-order valence-electron chi connectivity index (χ3n) is 17.3. The number of rotatable bonds is 15. The molecule has 5 aliphatic rings. The lowest BCUT2D eigenvalue weighted by atomic mass is 9.65. The number of carbonyl (C=O) groups excluding carboxylic acids is 4. The molecule has 3 saturated heterocycles. The van der Waals surface area contributed by atoms with Crippen LogP contribution in [-0.4, -0.2) is 126 Å². The van der Waals surface area contributed by atoms with Crippen molar-refractivity contribution in [2.45, 2.75) is 109 Å². The fraction of sp³-hybridized carbons (Fsp3) is 0.508. The van der Waals surface area contributed by atoms with Crippen LogP contribution in [-0.2, 0) is 20.8 Å². The highest BCUT2D eigenvalue weighted by molar-refractivity contribution is 7.10. The van der Waals surface area contributed by atoms with Crippen LogP contribution >= 0.6 is 11.3 Å². The lowest BCUT2D eigenvalue weighted by Gasteiger charge is -2.47. The first-order chi connectivity index (χ1) is 36.8. The molecule has 5 heterocycles. The average Bonchev–Trinajstić information content (AvgIpc) is 3.94. The predicted octanol–water partition coefficient (Wildman–Crippen LogP) is 9.85. The average molecular weight is 1050 g/mol. The third kappa shape index (κ3) is 11.6. The number of ether oxygens (including phenoxy) is 2. The van der Waals surface area contributed by atoms with E-state index in [0.29, 0.717) is 54.2 Å². The van der Waals surface area contributed by atoms with Crippen molar-refractivity contribution in [3.63, 3.8) is 0 Å². The van der Waals surface area contributed by atoms with Gasteiger partial charge in [-0.15, -0.1) is 11.3 Å². The van der Waals surface area contributed by atoms with Gasteiger partial charge in [-0.1, -0.05) is 24.3 Å². The second-order valence-corrected chi connectivity index (χ2v) is 22.9. The number of urea groups is 1. The summed E-state index contributed by atoms with van der Waals surface area (Å²) in [5.41, 5.74) is 6.38. The molecular formula is C59H72N8O8S. The number of aromatic nitrogens is 2. The van der Waals surface area contributed by atoms with Crippen molar-refractivity contribution in [1.29, 1.82) is 0 Å². The van der Waals surface area contributed by atoms with E-state index in [4.69, 9.17) is 19.4 Å². The first-order valence-electron chi connectivity index (χ1n) is 27.4. The van der Waals surface area contributed by atoms with Gasteiger partial charge in [0, 0.05) is 93.0 Å². The minimum atomic E-state index is -0.803. The number of hydrogen-bond acceptors (Lipinski definition) is 12. The number of carbonyl (C=O) groups is 5. The van der Waals surface area contributed by atoms with Gasteiger partial charge >= 0.3 is 12.0 Å². The third-order valence-corrected chi connectivity index (χ3v) is 18.4. The molecule has 1 spiro atoms. The van der Waals surface area contributed by atoms with E-state index in [-0.39, 0.29) is 54.5 Å². The summed E-state index contributed by atoms with van der Waals surface area (Å²) >= 11 is 1.67. The van der Waals surface area contributed by atoms with Crippen molar-refractivity contribution in [1.82, 2.24) is 30.0 Å². The number of carboxylic acids is 1. The van der Waals surface area contributed by atoms with E-state index < -0.39 is 12.0 Å². The van der Waals surface area contributed by atoms with Crippen LogP contribution in [0.3, 0.4) is 0 Å². The molecule has 0 radical (unpaired) electrons. The number of aliphatic carboxylic acids is 1. The normalized spacial score (nSPS) is 20.9. The smallest absolute Gasteiger partial charge is 0.328 e. The molecule has 1 atom stereocenters. The number of benzene rings is 3. The Balaban J connectivity index is 0.686. The molecular weight excluding hydrogens is 981 g/mol. The van der Waals surface area contributed by atoms with Crippen molar-refractivity contribution < 1.29 is 38.6 Å². The van der Waals surface area contributed by atoms with Gasteiger partial charge in [-0.25, -0.2) is 14.8 Å². The number of carboxylic acid groups (broad SMARTS) is 1. The molecule has 5 amide bonds. The van der Waals surface area contributed by atoms with E-state index in [2.05, 4.69) is 50.9 Å². The van der Waals surface area contributed by atoms with E-state index in [0.717, 1.165) is 121 Å². The first kappa shape index (κ1) is 52.8. The molecule has 3 aliphatic heterocycles. The summed E-state index contributed by atoms with van der Waals surface area (Å²) < 4.78 is 11.5. The number of thiophene rings is 1. The van der Waals surface area contributed by atoms with Crippen molar-refractivity contribution in [3.05, 3.63) is 93.4 Å². The lowest BCUT2D eigenvalue weighted by molar-refractivity contribution is -0.139. The molecule has 2 aromatic heterocycles. The molecule has 2 saturated carbocycles. The number of hydrogen-bond donors (Lipinski definition) is 3. The number of methoxy groups -OCH3 is 2. The van der Waals surface area contributed by atoms with E-state index in [1.807, 2.05) is 36.1 Å². The molecule has 10 rings (SSSR count). The highest BCUT2D eigenvalue weighted by Gasteiger charge is 2.40. The van der Waals surface area contributed by atoms with Crippen molar-refractivity contribution in [2.75, 3.05) is 76.8 Å². The zero-order valence-electron chi connectivity index (χ0n) is 44.4. The van der Waals surface area contributed by atoms with E-state index in [9.17, 15) is 29.1 Å². The number of imide groups is 1. The Morgan fingerprint density at radius 1 is 0.842 bits per heavy atom. The summed E-state index contributed by atoms with van der Waals surface area (Å²) in [5, 5.41) is 18.5. The Kier molecular flexibility index (Phi) is 15.9. The van der Waals surface area contributed by atoms with Crippen LogP contribution in [0.2, 0.25) is 0 Å². The summed E-state index contributed by atoms with van der Waals surface area (Å²) in [6, 6.07) is 19.1. The maximum absolute atomic E-state index is 14.1. The maximum Gasteiger partial charge on any atom is 0.328 e. The van der Waals surface area contributed by atoms with E-state index >= 15 is 0 Å². The Hall–Kier alpha value is -6.59. The van der Waals surface area contributed by atoms with Gasteiger partial charge in [-0.3, -0.25) is 34.3 Å². The van der Waals surface area contributed by atoms with Gasteiger partial charge in [0.05, 0.1) is 31.5 Å². The molecule has 17 heteroatoms. The number of amides is 5. The van der Waals surface area contributed by atoms with Crippen molar-refractivity contribution in [2.24, 2.45) is 17.3 Å². The summed E-state index contributed by atoms with van der Waals surface area (Å²) in [4.78, 5) is 82.6. The van der Waals surface area contributed by atoms with Crippen LogP contribution in [0.1, 0.15) is 128 Å². The maximum atomic E-state index is 14.1. The van der Waals surface area contributed by atoms with Gasteiger partial charge in [-0.2, -0.15) is 0 Å². The van der Waals surface area contributed by atoms with Crippen LogP contribution in [0.25, 0.3) is 22.0 Å². The number of fused-ring (bicyclic) bond motifs is 1. The molecule has 5 fully saturated rings. The van der Waals surface area contributed by atoms with Crippen LogP contribution in [0.15, 0.2) is 66.0 Å². The quantitative estimate of drug-likeness (QED) is 0.0903. The Morgan fingerprint density at radius 2 is 1.58 bits per heavy atom. The molecule has 5 aromatic rings. The molecule has 3 N–H and O–H groups in total. The number of anilines is 2. The first-order valence-corrected chi connectivity index (χ1v) is 28.3. The second-order valence-electron chi connectivity index (χ2n) is 21.9. The topological polar surface area (TPSA) is 187 Å². The molecule has 3 aromatic carbocycles. The largest absolute Gasteiger partial charge is 0.496 e. The number of likely N-dealkylation sites (tertiary alicyclic amines) is 1. The summed E-state index contributed by atoms with van der Waals surface area (Å²) in [6.45, 7) is 10.1. The van der Waals surface area contributed by atoms with Crippen LogP contribution in [0, 0.1) is 24.2 Å². The van der Waals surface area contributed by atoms with Crippen LogP contribution in [0.5, 0.6) is 11.5 Å². The number of nitrogens with zero attached hydrogens (tertiary/aromatic N) is 6. The minimum Gasteiger partial charge on any atom is -0.496 e. The monoisotopic (exact) mass is 1050 g/mol.